The van der Waals surface area contributed by atoms with Crippen LogP contribution in [0.15, 0.2) is 12.5 Å². The number of esters is 1. The summed E-state index contributed by atoms with van der Waals surface area (Å²) >= 11 is 3.93. The minimum absolute atomic E-state index is 0.343. The second-order valence-corrected chi connectivity index (χ2v) is 2.27. The van der Waals surface area contributed by atoms with Crippen LogP contribution in [0.5, 0.6) is 0 Å². The van der Waals surface area contributed by atoms with Gasteiger partial charge in [-0.2, -0.15) is 0 Å². The van der Waals surface area contributed by atoms with Crippen molar-refractivity contribution < 1.29 is 9.53 Å². The van der Waals surface area contributed by atoms with E-state index in [1.807, 2.05) is 0 Å². The first kappa shape index (κ1) is 8.13. The predicted molar refractivity (Wildman–Crippen MR) is 42.6 cm³/mol. The van der Waals surface area contributed by atoms with Crippen molar-refractivity contribution in [2.24, 2.45) is 0 Å². The molecule has 0 bridgehead atoms. The number of nitrogens with zero attached hydrogens (tertiary/aromatic N) is 2. The van der Waals surface area contributed by atoms with Crippen molar-refractivity contribution >= 4 is 18.8 Å². The van der Waals surface area contributed by atoms with E-state index in [-0.39, 0.29) is 0 Å². The van der Waals surface area contributed by atoms with E-state index in [1.54, 1.807) is 6.92 Å². The average molecular weight is 172 g/mol. The number of carbonyl (C=O) groups excluding carboxylic acids is 1. The number of aromatic nitrogens is 2. The first-order chi connectivity index (χ1) is 5.25. The van der Waals surface area contributed by atoms with Crippen LogP contribution in [0.2, 0.25) is 0 Å². The number of hydrogen-bond donors (Lipinski definition) is 1. The van der Waals surface area contributed by atoms with Gasteiger partial charge in [0.05, 0.1) is 12.8 Å². The average Bonchev–Trinajstić information content (AvgIpc) is 2.36. The molecule has 0 spiro atoms. The lowest BCUT2D eigenvalue weighted by Gasteiger charge is -1.99. The minimum Gasteiger partial charge on any atom is -0.461 e. The Balaban J connectivity index is 2.76. The summed E-state index contributed by atoms with van der Waals surface area (Å²) in [7, 11) is 0. The zero-order valence-corrected chi connectivity index (χ0v) is 6.91. The van der Waals surface area contributed by atoms with Gasteiger partial charge in [0.15, 0.2) is 5.69 Å². The summed E-state index contributed by atoms with van der Waals surface area (Å²) in [6, 6.07) is 0. The van der Waals surface area contributed by atoms with Gasteiger partial charge >= 0.3 is 5.97 Å². The molecule has 4 nitrogen and oxygen atoms in total. The maximum Gasteiger partial charge on any atom is 0.357 e. The number of imidazole rings is 1. The molecule has 0 radical (unpaired) electrons. The Bertz CT molecular complexity index is 259. The maximum absolute atomic E-state index is 11.0. The Hall–Kier alpha value is -0.970. The van der Waals surface area contributed by atoms with Gasteiger partial charge in [0, 0.05) is 0 Å². The van der Waals surface area contributed by atoms with Crippen LogP contribution in [0, 0.1) is 0 Å². The van der Waals surface area contributed by atoms with Gasteiger partial charge in [-0.25, -0.2) is 9.78 Å². The Morgan fingerprint density at radius 1 is 1.91 bits per heavy atom. The molecule has 0 aliphatic rings. The molecule has 0 N–H and O–H groups in total. The standard InChI is InChI=1S/C6H8N2O2S/c1-2-10-6(9)5-3-7-4-8(5)11/h3-4,11H,2H2,1H3. The van der Waals surface area contributed by atoms with E-state index in [1.165, 1.54) is 16.5 Å². The van der Waals surface area contributed by atoms with E-state index in [9.17, 15) is 4.79 Å². The van der Waals surface area contributed by atoms with Crippen LogP contribution in [0.25, 0.3) is 0 Å². The summed E-state index contributed by atoms with van der Waals surface area (Å²) in [4.78, 5) is 14.7. The molecule has 1 rings (SSSR count). The smallest absolute Gasteiger partial charge is 0.357 e. The van der Waals surface area contributed by atoms with Crippen LogP contribution in [0.4, 0.5) is 0 Å². The Kier molecular flexibility index (Phi) is 2.53. The Morgan fingerprint density at radius 3 is 3.09 bits per heavy atom. The highest BCUT2D eigenvalue weighted by molar-refractivity contribution is 7.78. The number of hydrogen-bond acceptors (Lipinski definition) is 4. The normalized spacial score (nSPS) is 9.64. The van der Waals surface area contributed by atoms with Gasteiger partial charge in [-0.3, -0.25) is 3.97 Å². The molecular weight excluding hydrogens is 164 g/mol. The zero-order chi connectivity index (χ0) is 8.27. The predicted octanol–water partition coefficient (Wildman–Crippen LogP) is 0.753. The fourth-order valence-corrected chi connectivity index (χ4v) is 0.833. The lowest BCUT2D eigenvalue weighted by molar-refractivity contribution is 0.0519. The first-order valence-corrected chi connectivity index (χ1v) is 3.54. The molecule has 1 heterocycles. The molecule has 5 heteroatoms. The fourth-order valence-electron chi connectivity index (χ4n) is 0.640. The van der Waals surface area contributed by atoms with E-state index in [0.717, 1.165) is 0 Å². The van der Waals surface area contributed by atoms with Crippen LogP contribution < -0.4 is 0 Å². The van der Waals surface area contributed by atoms with E-state index in [2.05, 4.69) is 17.8 Å². The molecule has 0 atom stereocenters. The highest BCUT2D eigenvalue weighted by Crippen LogP contribution is 2.02. The van der Waals surface area contributed by atoms with Gasteiger partial charge in [-0.1, -0.05) is 12.8 Å². The second kappa shape index (κ2) is 3.43. The number of carbonyl (C=O) groups is 1. The summed E-state index contributed by atoms with van der Waals surface area (Å²) < 4.78 is 6.04. The third-order valence-electron chi connectivity index (χ3n) is 1.10. The molecule has 0 aliphatic heterocycles. The van der Waals surface area contributed by atoms with Crippen molar-refractivity contribution in [3.8, 4) is 0 Å². The van der Waals surface area contributed by atoms with Crippen LogP contribution in [-0.2, 0) is 4.74 Å². The van der Waals surface area contributed by atoms with E-state index >= 15 is 0 Å². The molecule has 0 saturated heterocycles. The number of thiol groups is 1. The van der Waals surface area contributed by atoms with Crippen molar-refractivity contribution in [1.29, 1.82) is 0 Å². The van der Waals surface area contributed by atoms with E-state index in [0.29, 0.717) is 12.3 Å². The van der Waals surface area contributed by atoms with Crippen molar-refractivity contribution in [3.05, 3.63) is 18.2 Å². The third kappa shape index (κ3) is 1.74. The Morgan fingerprint density at radius 2 is 2.64 bits per heavy atom. The van der Waals surface area contributed by atoms with Gasteiger partial charge < -0.3 is 4.74 Å². The van der Waals surface area contributed by atoms with Crippen LogP contribution >= 0.6 is 12.8 Å². The Labute approximate surface area is 69.7 Å². The van der Waals surface area contributed by atoms with Gasteiger partial charge in [0.1, 0.15) is 6.33 Å². The quantitative estimate of drug-likeness (QED) is 0.529. The molecule has 0 fully saturated rings. The van der Waals surface area contributed by atoms with Gasteiger partial charge in [-0.05, 0) is 6.92 Å². The van der Waals surface area contributed by atoms with E-state index in [4.69, 9.17) is 4.74 Å². The van der Waals surface area contributed by atoms with Gasteiger partial charge in [0.25, 0.3) is 0 Å². The molecule has 0 aromatic carbocycles. The van der Waals surface area contributed by atoms with Gasteiger partial charge in [0.2, 0.25) is 0 Å². The summed E-state index contributed by atoms with van der Waals surface area (Å²) in [5.74, 6) is -0.403. The largest absolute Gasteiger partial charge is 0.461 e. The highest BCUT2D eigenvalue weighted by Gasteiger charge is 2.09. The van der Waals surface area contributed by atoms with Crippen molar-refractivity contribution in [1.82, 2.24) is 8.96 Å². The van der Waals surface area contributed by atoms with Crippen molar-refractivity contribution in [2.75, 3.05) is 6.61 Å². The number of rotatable bonds is 2. The summed E-state index contributed by atoms with van der Waals surface area (Å²) in [6.45, 7) is 2.11. The summed E-state index contributed by atoms with van der Waals surface area (Å²) in [6.07, 6.45) is 2.83. The molecule has 60 valence electrons. The molecular formula is C6H8N2O2S. The number of ether oxygens (including phenoxy) is 1. The summed E-state index contributed by atoms with van der Waals surface area (Å²) in [5, 5.41) is 0. The van der Waals surface area contributed by atoms with Crippen LogP contribution in [0.3, 0.4) is 0 Å². The molecule has 11 heavy (non-hydrogen) atoms. The van der Waals surface area contributed by atoms with Gasteiger partial charge in [-0.15, -0.1) is 0 Å². The zero-order valence-electron chi connectivity index (χ0n) is 6.02. The van der Waals surface area contributed by atoms with Crippen molar-refractivity contribution in [2.45, 2.75) is 6.92 Å². The molecule has 0 saturated carbocycles. The third-order valence-corrected chi connectivity index (χ3v) is 1.42. The van der Waals surface area contributed by atoms with E-state index < -0.39 is 5.97 Å². The maximum atomic E-state index is 11.0. The van der Waals surface area contributed by atoms with Crippen LogP contribution in [-0.4, -0.2) is 21.5 Å². The topological polar surface area (TPSA) is 44.1 Å². The monoisotopic (exact) mass is 172 g/mol. The SMILES string of the molecule is CCOC(=O)c1cncn1S. The molecule has 0 aliphatic carbocycles. The minimum atomic E-state index is -0.403. The lowest BCUT2D eigenvalue weighted by Crippen LogP contribution is -2.07. The molecule has 0 unspecified atom stereocenters. The molecule has 1 aromatic rings. The molecule has 1 aromatic heterocycles. The first-order valence-electron chi connectivity index (χ1n) is 3.14. The van der Waals surface area contributed by atoms with Crippen LogP contribution in [0.1, 0.15) is 17.4 Å². The highest BCUT2D eigenvalue weighted by atomic mass is 32.1. The summed E-state index contributed by atoms with van der Waals surface area (Å²) in [5.41, 5.74) is 0.343. The second-order valence-electron chi connectivity index (χ2n) is 1.84. The molecule has 0 amide bonds. The van der Waals surface area contributed by atoms with Crippen molar-refractivity contribution in [3.63, 3.8) is 0 Å². The fraction of sp³-hybridized carbons (Fsp3) is 0.333. The lowest BCUT2D eigenvalue weighted by atomic mass is 10.5.